The van der Waals surface area contributed by atoms with Crippen LogP contribution in [-0.4, -0.2) is 30.2 Å². The molecule has 19 heavy (non-hydrogen) atoms. The first-order chi connectivity index (χ1) is 8.99. The van der Waals surface area contributed by atoms with Gasteiger partial charge in [0, 0.05) is 11.3 Å². The zero-order chi connectivity index (χ0) is 14.4. The van der Waals surface area contributed by atoms with Crippen molar-refractivity contribution in [3.8, 4) is 0 Å². The third kappa shape index (κ3) is 4.22. The summed E-state index contributed by atoms with van der Waals surface area (Å²) in [5.41, 5.74) is 3.38. The molecule has 2 N–H and O–H groups in total. The Balaban J connectivity index is 3.07. The maximum atomic E-state index is 9.05. The van der Waals surface area contributed by atoms with E-state index in [9.17, 15) is 0 Å². The number of benzene rings is 1. The first-order valence-corrected chi connectivity index (χ1v) is 6.25. The van der Waals surface area contributed by atoms with Gasteiger partial charge in [0.1, 0.15) is 0 Å². The van der Waals surface area contributed by atoms with Crippen LogP contribution in [-0.2, 0) is 4.74 Å². The van der Waals surface area contributed by atoms with Crippen LogP contribution in [0.15, 0.2) is 40.5 Å². The molecule has 1 aromatic rings. The van der Waals surface area contributed by atoms with Gasteiger partial charge in [-0.3, -0.25) is 0 Å². The number of hydrogen-bond donors (Lipinski definition) is 2. The van der Waals surface area contributed by atoms with E-state index in [0.29, 0.717) is 11.4 Å². The Morgan fingerprint density at radius 1 is 1.21 bits per heavy atom. The second kappa shape index (κ2) is 7.11. The third-order valence-electron chi connectivity index (χ3n) is 3.07. The summed E-state index contributed by atoms with van der Waals surface area (Å²) in [4.78, 5) is 4.46. The summed E-state index contributed by atoms with van der Waals surface area (Å²) in [7, 11) is 0.114. The fourth-order valence-electron chi connectivity index (χ4n) is 1.53. The molecule has 0 fully saturated rings. The van der Waals surface area contributed by atoms with Gasteiger partial charge in [0.05, 0.1) is 7.11 Å². The summed E-state index contributed by atoms with van der Waals surface area (Å²) < 4.78 is 5.29. The summed E-state index contributed by atoms with van der Waals surface area (Å²) in [5, 5.41) is 18.1. The maximum Gasteiger partial charge on any atom is 0.488 e. The molecule has 0 unspecified atom stereocenters. The predicted molar refractivity (Wildman–Crippen MR) is 78.5 cm³/mol. The molecular weight excluding hydrogens is 241 g/mol. The highest BCUT2D eigenvalue weighted by atomic mass is 16.5. The lowest BCUT2D eigenvalue weighted by Gasteiger charge is -2.08. The number of rotatable bonds is 4. The van der Waals surface area contributed by atoms with E-state index < -0.39 is 7.12 Å². The fraction of sp³-hybridized carbons (Fsp3) is 0.357. The smallest absolute Gasteiger partial charge is 0.481 e. The lowest BCUT2D eigenvalue weighted by atomic mass is 9.80. The van der Waals surface area contributed by atoms with Crippen molar-refractivity contribution in [2.24, 2.45) is 4.99 Å². The molecule has 0 heterocycles. The Bertz CT molecular complexity index is 478. The van der Waals surface area contributed by atoms with Gasteiger partial charge in [-0.25, -0.2) is 4.99 Å². The minimum absolute atomic E-state index is 0.441. The van der Waals surface area contributed by atoms with Crippen LogP contribution < -0.4 is 5.46 Å². The van der Waals surface area contributed by atoms with Crippen molar-refractivity contribution < 1.29 is 14.8 Å². The molecule has 102 valence electrons. The lowest BCUT2D eigenvalue weighted by molar-refractivity contribution is 0.404. The molecular formula is C14H20BNO3. The first kappa shape index (κ1) is 15.5. The van der Waals surface area contributed by atoms with E-state index in [1.165, 1.54) is 5.57 Å². The fourth-order valence-corrected chi connectivity index (χ4v) is 1.53. The number of nitrogens with zero attached hydrogens (tertiary/aromatic N) is 1. The maximum absolute atomic E-state index is 9.05. The third-order valence-corrected chi connectivity index (χ3v) is 3.07. The molecule has 0 aliphatic rings. The Labute approximate surface area is 114 Å². The molecule has 0 atom stereocenters. The molecule has 0 bridgehead atoms. The van der Waals surface area contributed by atoms with E-state index in [2.05, 4.69) is 11.9 Å². The number of allylic oxidation sites excluding steroid dienone is 2. The van der Waals surface area contributed by atoms with E-state index in [1.807, 2.05) is 13.8 Å². The topological polar surface area (TPSA) is 62.0 Å². The largest absolute Gasteiger partial charge is 0.488 e. The van der Waals surface area contributed by atoms with Crippen molar-refractivity contribution in [2.75, 3.05) is 7.11 Å². The number of aliphatic imine (C=N–C) groups is 1. The van der Waals surface area contributed by atoms with Gasteiger partial charge in [0.15, 0.2) is 0 Å². The Kier molecular flexibility index (Phi) is 5.79. The summed E-state index contributed by atoms with van der Waals surface area (Å²) in [6.07, 6.45) is 0.946. The minimum atomic E-state index is -1.46. The molecule has 0 aliphatic carbocycles. The molecule has 1 aromatic carbocycles. The monoisotopic (exact) mass is 261 g/mol. The Hall–Kier alpha value is -1.59. The van der Waals surface area contributed by atoms with Gasteiger partial charge in [-0.15, -0.1) is 0 Å². The molecule has 0 spiro atoms. The average Bonchev–Trinajstić information content (AvgIpc) is 2.43. The minimum Gasteiger partial charge on any atom is -0.481 e. The van der Waals surface area contributed by atoms with Gasteiger partial charge in [-0.05, 0) is 37.9 Å². The van der Waals surface area contributed by atoms with Crippen LogP contribution >= 0.6 is 0 Å². The number of ether oxygens (including phenoxy) is 1. The van der Waals surface area contributed by atoms with Crippen LogP contribution in [0.5, 0.6) is 0 Å². The summed E-state index contributed by atoms with van der Waals surface area (Å²) in [5.74, 6) is 0.518. The molecule has 0 amide bonds. The van der Waals surface area contributed by atoms with Crippen LogP contribution in [0.2, 0.25) is 0 Å². The first-order valence-electron chi connectivity index (χ1n) is 6.25. The van der Waals surface area contributed by atoms with Gasteiger partial charge in [-0.1, -0.05) is 24.6 Å². The Morgan fingerprint density at radius 2 is 1.79 bits per heavy atom. The molecule has 5 heteroatoms. The predicted octanol–water partition coefficient (Wildman–Crippen LogP) is 1.46. The zero-order valence-electron chi connectivity index (χ0n) is 11.8. The van der Waals surface area contributed by atoms with Gasteiger partial charge in [0.25, 0.3) is 0 Å². The van der Waals surface area contributed by atoms with Crippen LogP contribution in [0, 0.1) is 0 Å². The van der Waals surface area contributed by atoms with Crippen LogP contribution in [0.25, 0.3) is 0 Å². The van der Waals surface area contributed by atoms with Crippen LogP contribution in [0.1, 0.15) is 32.8 Å². The zero-order valence-corrected chi connectivity index (χ0v) is 11.8. The standard InChI is InChI=1S/C14H20BNO3/c1-5-10(2)11(3)16-14(19-4)12-6-8-13(9-7-12)15(17)18/h6-9,17-18H,5H2,1-4H3. The molecule has 0 aliphatic heterocycles. The van der Waals surface area contributed by atoms with Crippen molar-refractivity contribution in [1.82, 2.24) is 0 Å². The van der Waals surface area contributed by atoms with E-state index >= 15 is 0 Å². The van der Waals surface area contributed by atoms with Crippen LogP contribution in [0.4, 0.5) is 0 Å². The molecule has 4 nitrogen and oxygen atoms in total. The van der Waals surface area contributed by atoms with Gasteiger partial charge >= 0.3 is 7.12 Å². The van der Waals surface area contributed by atoms with E-state index in [0.717, 1.165) is 17.7 Å². The van der Waals surface area contributed by atoms with Gasteiger partial charge in [0.2, 0.25) is 5.90 Å². The quantitative estimate of drug-likeness (QED) is 0.490. The second-order valence-electron chi connectivity index (χ2n) is 4.34. The van der Waals surface area contributed by atoms with E-state index in [4.69, 9.17) is 14.8 Å². The van der Waals surface area contributed by atoms with Crippen molar-refractivity contribution in [3.05, 3.63) is 41.1 Å². The van der Waals surface area contributed by atoms with Crippen LogP contribution in [0.3, 0.4) is 0 Å². The highest BCUT2D eigenvalue weighted by Gasteiger charge is 2.11. The van der Waals surface area contributed by atoms with Crippen molar-refractivity contribution in [3.63, 3.8) is 0 Å². The van der Waals surface area contributed by atoms with Crippen molar-refractivity contribution in [2.45, 2.75) is 27.2 Å². The van der Waals surface area contributed by atoms with E-state index in [-0.39, 0.29) is 0 Å². The normalized spacial score (nSPS) is 13.1. The molecule has 1 rings (SSSR count). The van der Waals surface area contributed by atoms with Crippen molar-refractivity contribution in [1.29, 1.82) is 0 Å². The lowest BCUT2D eigenvalue weighted by Crippen LogP contribution is -2.29. The number of methoxy groups -OCH3 is 1. The molecule has 0 saturated carbocycles. The second-order valence-corrected chi connectivity index (χ2v) is 4.34. The molecule has 0 radical (unpaired) electrons. The highest BCUT2D eigenvalue weighted by Crippen LogP contribution is 2.11. The molecule has 0 aromatic heterocycles. The number of hydrogen-bond acceptors (Lipinski definition) is 4. The van der Waals surface area contributed by atoms with E-state index in [1.54, 1.807) is 31.4 Å². The molecule has 0 saturated heterocycles. The Morgan fingerprint density at radius 3 is 2.21 bits per heavy atom. The highest BCUT2D eigenvalue weighted by molar-refractivity contribution is 6.58. The summed E-state index contributed by atoms with van der Waals surface area (Å²) in [6.45, 7) is 6.07. The van der Waals surface area contributed by atoms with Gasteiger partial charge < -0.3 is 14.8 Å². The van der Waals surface area contributed by atoms with Crippen molar-refractivity contribution >= 4 is 18.5 Å². The summed E-state index contributed by atoms with van der Waals surface area (Å²) >= 11 is 0. The van der Waals surface area contributed by atoms with Gasteiger partial charge in [-0.2, -0.15) is 0 Å². The average molecular weight is 261 g/mol. The summed E-state index contributed by atoms with van der Waals surface area (Å²) in [6, 6.07) is 6.79. The SMILES string of the molecule is CCC(C)=C(C)N=C(OC)c1ccc(B(O)O)cc1.